The third-order valence-electron chi connectivity index (χ3n) is 3.48. The summed E-state index contributed by atoms with van der Waals surface area (Å²) < 4.78 is 37.8. The predicted molar refractivity (Wildman–Crippen MR) is 77.4 cm³/mol. The number of esters is 1. The van der Waals surface area contributed by atoms with Gasteiger partial charge in [-0.05, 0) is 42.3 Å². The molecule has 2 aromatic rings. The van der Waals surface area contributed by atoms with Crippen molar-refractivity contribution in [3.05, 3.63) is 59.6 Å². The Hall–Kier alpha value is -2.68. The largest absolute Gasteiger partial charge is 0.468 e. The summed E-state index contributed by atoms with van der Waals surface area (Å²) in [5, 5.41) is 9.46. The van der Waals surface area contributed by atoms with Gasteiger partial charge >= 0.3 is 5.97 Å². The lowest BCUT2D eigenvalue weighted by Gasteiger charge is -2.21. The van der Waals surface area contributed by atoms with Crippen molar-refractivity contribution in [2.45, 2.75) is 25.2 Å². The van der Waals surface area contributed by atoms with E-state index in [9.17, 15) is 18.8 Å². The van der Waals surface area contributed by atoms with E-state index in [1.807, 2.05) is 0 Å². The maximum absolute atomic E-state index is 14.1. The van der Waals surface area contributed by atoms with Crippen molar-refractivity contribution < 1.29 is 22.7 Å². The Bertz CT molecular complexity index is 707. The van der Waals surface area contributed by atoms with Crippen molar-refractivity contribution in [1.82, 2.24) is 0 Å². The molecule has 120 valence electrons. The first kappa shape index (κ1) is 16.7. The third-order valence-corrected chi connectivity index (χ3v) is 3.48. The van der Waals surface area contributed by atoms with Crippen LogP contribution in [0, 0.1) is 23.0 Å². The molecule has 23 heavy (non-hydrogen) atoms. The topological polar surface area (TPSA) is 63.2 Å². The number of nitrogens with zero attached hydrogens (tertiary/aromatic N) is 1. The summed E-state index contributed by atoms with van der Waals surface area (Å²) in [5.74, 6) is -2.88. The van der Waals surface area contributed by atoms with E-state index in [1.54, 1.807) is 12.1 Å². The zero-order valence-electron chi connectivity index (χ0n) is 12.5. The molecule has 1 heterocycles. The lowest BCUT2D eigenvalue weighted by atomic mass is 9.82. The first-order valence-electron chi connectivity index (χ1n) is 7.04. The smallest absolute Gasteiger partial charge is 0.302 e. The molecule has 1 aromatic heterocycles. The number of halogens is 2. The lowest BCUT2D eigenvalue weighted by molar-refractivity contribution is -0.141. The van der Waals surface area contributed by atoms with Gasteiger partial charge in [-0.25, -0.2) is 8.78 Å². The van der Waals surface area contributed by atoms with E-state index in [0.717, 1.165) is 18.2 Å². The summed E-state index contributed by atoms with van der Waals surface area (Å²) in [4.78, 5) is 10.9. The van der Waals surface area contributed by atoms with Crippen LogP contribution in [0.5, 0.6) is 0 Å². The maximum Gasteiger partial charge on any atom is 0.302 e. The van der Waals surface area contributed by atoms with Crippen LogP contribution in [0.15, 0.2) is 41.0 Å². The zero-order chi connectivity index (χ0) is 16.8. The number of nitriles is 1. The first-order chi connectivity index (χ1) is 11.0. The lowest BCUT2D eigenvalue weighted by Crippen LogP contribution is -2.15. The molecule has 0 saturated carbocycles. The first-order valence-corrected chi connectivity index (χ1v) is 7.04. The molecule has 4 nitrogen and oxygen atoms in total. The summed E-state index contributed by atoms with van der Waals surface area (Å²) in [6, 6.07) is 8.36. The van der Waals surface area contributed by atoms with E-state index < -0.39 is 29.4 Å². The average molecular weight is 319 g/mol. The molecule has 0 radical (unpaired) electrons. The molecule has 0 aliphatic heterocycles. The van der Waals surface area contributed by atoms with Gasteiger partial charge in [0.25, 0.3) is 0 Å². The number of carbonyl (C=O) groups excluding carboxylic acids is 1. The standard InChI is InChI=1S/C17H15F2NO3/c1-11(21)22-8-6-13(14-9-12(18)4-5-16(14)19)15(10-20)17-3-2-7-23-17/h2-5,7,9,13,15H,6,8H2,1H3/t13-,15+/m0/s1. The van der Waals surface area contributed by atoms with Crippen molar-refractivity contribution in [3.63, 3.8) is 0 Å². The van der Waals surface area contributed by atoms with Gasteiger partial charge in [-0.1, -0.05) is 0 Å². The van der Waals surface area contributed by atoms with Gasteiger partial charge in [0.1, 0.15) is 23.3 Å². The molecule has 1 aromatic carbocycles. The Balaban J connectivity index is 2.36. The fourth-order valence-electron chi connectivity index (χ4n) is 2.45. The minimum Gasteiger partial charge on any atom is -0.468 e. The van der Waals surface area contributed by atoms with Crippen LogP contribution in [0.1, 0.15) is 36.5 Å². The minimum atomic E-state index is -0.822. The quantitative estimate of drug-likeness (QED) is 0.758. The molecule has 0 N–H and O–H groups in total. The number of rotatable bonds is 6. The van der Waals surface area contributed by atoms with Gasteiger partial charge in [-0.2, -0.15) is 5.26 Å². The summed E-state index contributed by atoms with van der Waals surface area (Å²) in [7, 11) is 0. The summed E-state index contributed by atoms with van der Waals surface area (Å²) in [6.45, 7) is 1.25. The molecular formula is C17H15F2NO3. The number of furan rings is 1. The van der Waals surface area contributed by atoms with Crippen molar-refractivity contribution in [2.75, 3.05) is 6.61 Å². The van der Waals surface area contributed by atoms with Crippen molar-refractivity contribution in [1.29, 1.82) is 5.26 Å². The van der Waals surface area contributed by atoms with E-state index in [4.69, 9.17) is 9.15 Å². The van der Waals surface area contributed by atoms with Gasteiger partial charge in [-0.15, -0.1) is 0 Å². The van der Waals surface area contributed by atoms with Crippen LogP contribution in [0.3, 0.4) is 0 Å². The highest BCUT2D eigenvalue weighted by Gasteiger charge is 2.29. The Morgan fingerprint density at radius 3 is 2.78 bits per heavy atom. The molecule has 0 unspecified atom stereocenters. The normalized spacial score (nSPS) is 13.1. The molecule has 6 heteroatoms. The second-order valence-corrected chi connectivity index (χ2v) is 5.02. The number of hydrogen-bond donors (Lipinski definition) is 0. The van der Waals surface area contributed by atoms with Crippen molar-refractivity contribution in [2.24, 2.45) is 0 Å². The molecule has 2 atom stereocenters. The van der Waals surface area contributed by atoms with E-state index in [0.29, 0.717) is 5.76 Å². The minimum absolute atomic E-state index is 0.00512. The molecule has 0 spiro atoms. The van der Waals surface area contributed by atoms with Gasteiger partial charge in [-0.3, -0.25) is 4.79 Å². The zero-order valence-corrected chi connectivity index (χ0v) is 12.5. The predicted octanol–water partition coefficient (Wildman–Crippen LogP) is 3.90. The Morgan fingerprint density at radius 1 is 1.39 bits per heavy atom. The molecule has 0 aliphatic rings. The molecule has 0 bridgehead atoms. The SMILES string of the molecule is CC(=O)OCC[C@@H](c1cc(F)ccc1F)[C@@H](C#N)c1ccco1. The van der Waals surface area contributed by atoms with Crippen LogP contribution < -0.4 is 0 Å². The molecule has 0 saturated heterocycles. The maximum atomic E-state index is 14.1. The van der Waals surface area contributed by atoms with Gasteiger partial charge in [0.15, 0.2) is 0 Å². The van der Waals surface area contributed by atoms with Gasteiger partial charge in [0.05, 0.1) is 18.9 Å². The Morgan fingerprint density at radius 2 is 2.17 bits per heavy atom. The average Bonchev–Trinajstić information content (AvgIpc) is 3.03. The van der Waals surface area contributed by atoms with Crippen molar-refractivity contribution in [3.8, 4) is 6.07 Å². The van der Waals surface area contributed by atoms with Crippen LogP contribution in [-0.4, -0.2) is 12.6 Å². The van der Waals surface area contributed by atoms with E-state index in [1.165, 1.54) is 13.2 Å². The Labute approximate surface area is 132 Å². The van der Waals surface area contributed by atoms with Gasteiger partial charge < -0.3 is 9.15 Å². The second-order valence-electron chi connectivity index (χ2n) is 5.02. The van der Waals surface area contributed by atoms with E-state index in [2.05, 4.69) is 6.07 Å². The van der Waals surface area contributed by atoms with Crippen LogP contribution in [0.2, 0.25) is 0 Å². The van der Waals surface area contributed by atoms with E-state index >= 15 is 0 Å². The second kappa shape index (κ2) is 7.54. The fourth-order valence-corrected chi connectivity index (χ4v) is 2.45. The van der Waals surface area contributed by atoms with Crippen LogP contribution in [0.25, 0.3) is 0 Å². The summed E-state index contributed by atoms with van der Waals surface area (Å²) in [5.41, 5.74) is 0.0557. The third kappa shape index (κ3) is 4.16. The fraction of sp³-hybridized carbons (Fsp3) is 0.294. The van der Waals surface area contributed by atoms with Crippen LogP contribution >= 0.6 is 0 Å². The highest BCUT2D eigenvalue weighted by molar-refractivity contribution is 5.65. The number of ether oxygens (including phenoxy) is 1. The van der Waals surface area contributed by atoms with Crippen LogP contribution in [-0.2, 0) is 9.53 Å². The molecule has 0 fully saturated rings. The van der Waals surface area contributed by atoms with Gasteiger partial charge in [0, 0.05) is 12.8 Å². The molecule has 2 rings (SSSR count). The highest BCUT2D eigenvalue weighted by atomic mass is 19.1. The molecule has 0 aliphatic carbocycles. The van der Waals surface area contributed by atoms with Gasteiger partial charge in [0.2, 0.25) is 0 Å². The number of carbonyl (C=O) groups is 1. The summed E-state index contributed by atoms with van der Waals surface area (Å²) in [6.07, 6.45) is 1.57. The van der Waals surface area contributed by atoms with E-state index in [-0.39, 0.29) is 18.6 Å². The van der Waals surface area contributed by atoms with Crippen LogP contribution in [0.4, 0.5) is 8.78 Å². The Kier molecular flexibility index (Phi) is 5.47. The number of benzene rings is 1. The summed E-state index contributed by atoms with van der Waals surface area (Å²) >= 11 is 0. The van der Waals surface area contributed by atoms with Crippen molar-refractivity contribution >= 4 is 5.97 Å². The number of hydrogen-bond acceptors (Lipinski definition) is 4. The highest BCUT2D eigenvalue weighted by Crippen LogP contribution is 2.37. The molecule has 0 amide bonds. The molecular weight excluding hydrogens is 304 g/mol. The monoisotopic (exact) mass is 319 g/mol.